The lowest BCUT2D eigenvalue weighted by Gasteiger charge is -2.13. The third-order valence-electron chi connectivity index (χ3n) is 5.21. The van der Waals surface area contributed by atoms with E-state index in [1.54, 1.807) is 6.07 Å². The van der Waals surface area contributed by atoms with Gasteiger partial charge in [0, 0.05) is 24.6 Å². The number of rotatable bonds is 7. The van der Waals surface area contributed by atoms with Gasteiger partial charge in [0.05, 0.1) is 11.1 Å². The lowest BCUT2D eigenvalue weighted by Crippen LogP contribution is -2.25. The first kappa shape index (κ1) is 20.8. The molecule has 0 spiro atoms. The van der Waals surface area contributed by atoms with Gasteiger partial charge in [0.15, 0.2) is 0 Å². The van der Waals surface area contributed by atoms with Crippen LogP contribution in [0.25, 0.3) is 0 Å². The van der Waals surface area contributed by atoms with E-state index >= 15 is 0 Å². The summed E-state index contributed by atoms with van der Waals surface area (Å²) in [6, 6.07) is 9.36. The van der Waals surface area contributed by atoms with E-state index in [0.717, 1.165) is 24.9 Å². The van der Waals surface area contributed by atoms with Gasteiger partial charge in [-0.25, -0.2) is 0 Å². The van der Waals surface area contributed by atoms with Crippen LogP contribution in [0.4, 0.5) is 5.69 Å². The number of carbonyl (C=O) groups excluding carboxylic acids is 2. The summed E-state index contributed by atoms with van der Waals surface area (Å²) in [6.07, 6.45) is 10.9. The highest BCUT2D eigenvalue weighted by molar-refractivity contribution is 6.05. The van der Waals surface area contributed by atoms with E-state index in [-0.39, 0.29) is 11.8 Å². The SMILES string of the molecule is CC(C)c1ccc(NC(=O)c2cncc(C(=O)NCCC3=CCCCC3)c2)cc1. The molecule has 5 heteroatoms. The number of benzene rings is 1. The molecule has 1 aromatic carbocycles. The van der Waals surface area contributed by atoms with Crippen molar-refractivity contribution >= 4 is 17.5 Å². The van der Waals surface area contributed by atoms with Crippen LogP contribution in [-0.4, -0.2) is 23.3 Å². The molecule has 1 heterocycles. The Bertz CT molecular complexity index is 885. The highest BCUT2D eigenvalue weighted by atomic mass is 16.2. The Labute approximate surface area is 172 Å². The van der Waals surface area contributed by atoms with Gasteiger partial charge < -0.3 is 10.6 Å². The summed E-state index contributed by atoms with van der Waals surface area (Å²) >= 11 is 0. The Morgan fingerprint density at radius 1 is 1.03 bits per heavy atom. The number of anilines is 1. The second kappa shape index (κ2) is 10.0. The van der Waals surface area contributed by atoms with E-state index < -0.39 is 0 Å². The molecule has 0 atom stereocenters. The van der Waals surface area contributed by atoms with Crippen LogP contribution in [0.5, 0.6) is 0 Å². The van der Waals surface area contributed by atoms with Gasteiger partial charge in [-0.15, -0.1) is 0 Å². The molecule has 1 aliphatic rings. The third kappa shape index (κ3) is 6.01. The van der Waals surface area contributed by atoms with Gasteiger partial charge in [0.2, 0.25) is 0 Å². The predicted octanol–water partition coefficient (Wildman–Crippen LogP) is 5.08. The van der Waals surface area contributed by atoms with Gasteiger partial charge in [-0.2, -0.15) is 0 Å². The fourth-order valence-electron chi connectivity index (χ4n) is 3.41. The van der Waals surface area contributed by atoms with Crippen LogP contribution in [0.15, 0.2) is 54.4 Å². The largest absolute Gasteiger partial charge is 0.352 e. The third-order valence-corrected chi connectivity index (χ3v) is 5.21. The molecule has 2 aromatic rings. The average Bonchev–Trinajstić information content (AvgIpc) is 2.75. The topological polar surface area (TPSA) is 71.1 Å². The van der Waals surface area contributed by atoms with Crippen molar-refractivity contribution < 1.29 is 9.59 Å². The van der Waals surface area contributed by atoms with Gasteiger partial charge in [0.1, 0.15) is 0 Å². The molecule has 2 amide bonds. The molecule has 0 saturated carbocycles. The van der Waals surface area contributed by atoms with Crippen molar-refractivity contribution in [2.24, 2.45) is 0 Å². The summed E-state index contributed by atoms with van der Waals surface area (Å²) in [5.74, 6) is -0.0461. The molecule has 3 rings (SSSR count). The van der Waals surface area contributed by atoms with Crippen molar-refractivity contribution in [1.29, 1.82) is 0 Å². The second-order valence-electron chi connectivity index (χ2n) is 7.81. The Kier molecular flexibility index (Phi) is 7.17. The number of amides is 2. The zero-order valence-corrected chi connectivity index (χ0v) is 17.2. The smallest absolute Gasteiger partial charge is 0.257 e. The molecule has 29 heavy (non-hydrogen) atoms. The molecule has 152 valence electrons. The summed E-state index contributed by atoms with van der Waals surface area (Å²) in [6.45, 7) is 4.85. The summed E-state index contributed by atoms with van der Waals surface area (Å²) in [7, 11) is 0. The normalized spacial score (nSPS) is 13.7. The maximum Gasteiger partial charge on any atom is 0.257 e. The molecule has 1 aromatic heterocycles. The molecular weight excluding hydrogens is 362 g/mol. The van der Waals surface area contributed by atoms with Gasteiger partial charge in [-0.05, 0) is 61.8 Å². The summed E-state index contributed by atoms with van der Waals surface area (Å²) < 4.78 is 0. The molecule has 0 aliphatic heterocycles. The Balaban J connectivity index is 1.56. The number of allylic oxidation sites excluding steroid dienone is 1. The lowest BCUT2D eigenvalue weighted by molar-refractivity contribution is 0.0953. The zero-order valence-electron chi connectivity index (χ0n) is 17.2. The monoisotopic (exact) mass is 391 g/mol. The quantitative estimate of drug-likeness (QED) is 0.647. The van der Waals surface area contributed by atoms with Crippen LogP contribution in [0, 0.1) is 0 Å². The minimum Gasteiger partial charge on any atom is -0.352 e. The van der Waals surface area contributed by atoms with E-state index in [0.29, 0.717) is 23.6 Å². The predicted molar refractivity (Wildman–Crippen MR) is 116 cm³/mol. The van der Waals surface area contributed by atoms with Crippen LogP contribution >= 0.6 is 0 Å². The number of carbonyl (C=O) groups is 2. The molecule has 5 nitrogen and oxygen atoms in total. The van der Waals surface area contributed by atoms with Gasteiger partial charge in [-0.1, -0.05) is 37.6 Å². The van der Waals surface area contributed by atoms with Crippen molar-refractivity contribution in [1.82, 2.24) is 10.3 Å². The Morgan fingerprint density at radius 3 is 2.41 bits per heavy atom. The molecule has 2 N–H and O–H groups in total. The summed E-state index contributed by atoms with van der Waals surface area (Å²) in [5.41, 5.74) is 4.11. The first-order valence-electron chi connectivity index (χ1n) is 10.4. The number of pyridine rings is 1. The van der Waals surface area contributed by atoms with Gasteiger partial charge >= 0.3 is 0 Å². The number of hydrogen-bond acceptors (Lipinski definition) is 3. The molecule has 0 fully saturated rings. The van der Waals surface area contributed by atoms with E-state index in [2.05, 4.69) is 35.5 Å². The summed E-state index contributed by atoms with van der Waals surface area (Å²) in [5, 5.41) is 5.79. The standard InChI is InChI=1S/C24H29N3O2/c1-17(2)19-8-10-22(11-9-19)27-24(29)21-14-20(15-25-16-21)23(28)26-13-12-18-6-4-3-5-7-18/h6,8-11,14-17H,3-5,7,12-13H2,1-2H3,(H,26,28)(H,27,29). The van der Waals surface area contributed by atoms with Crippen molar-refractivity contribution in [3.8, 4) is 0 Å². The van der Waals surface area contributed by atoms with Crippen LogP contribution in [0.3, 0.4) is 0 Å². The molecule has 0 radical (unpaired) electrons. The number of hydrogen-bond donors (Lipinski definition) is 2. The minimum absolute atomic E-state index is 0.204. The molecule has 1 aliphatic carbocycles. The Hall–Kier alpha value is -2.95. The maximum atomic E-state index is 12.5. The van der Waals surface area contributed by atoms with Crippen molar-refractivity contribution in [3.63, 3.8) is 0 Å². The van der Waals surface area contributed by atoms with E-state index in [1.165, 1.54) is 36.4 Å². The van der Waals surface area contributed by atoms with Crippen molar-refractivity contribution in [2.75, 3.05) is 11.9 Å². The molecule has 0 unspecified atom stereocenters. The first-order chi connectivity index (χ1) is 14.0. The van der Waals surface area contributed by atoms with Gasteiger partial charge in [0.25, 0.3) is 11.8 Å². The molecule has 0 bridgehead atoms. The highest BCUT2D eigenvalue weighted by Crippen LogP contribution is 2.20. The minimum atomic E-state index is -0.281. The van der Waals surface area contributed by atoms with Crippen LogP contribution in [0.1, 0.15) is 78.1 Å². The lowest BCUT2D eigenvalue weighted by atomic mass is 9.97. The zero-order chi connectivity index (χ0) is 20.6. The van der Waals surface area contributed by atoms with Crippen molar-refractivity contribution in [2.45, 2.75) is 51.9 Å². The second-order valence-corrected chi connectivity index (χ2v) is 7.81. The van der Waals surface area contributed by atoms with Crippen LogP contribution in [-0.2, 0) is 0 Å². The van der Waals surface area contributed by atoms with Crippen molar-refractivity contribution in [3.05, 3.63) is 71.1 Å². The number of nitrogens with zero attached hydrogens (tertiary/aromatic N) is 1. The fourth-order valence-corrected chi connectivity index (χ4v) is 3.41. The number of aromatic nitrogens is 1. The maximum absolute atomic E-state index is 12.5. The summed E-state index contributed by atoms with van der Waals surface area (Å²) in [4.78, 5) is 29.0. The number of nitrogens with one attached hydrogen (secondary N) is 2. The average molecular weight is 392 g/mol. The highest BCUT2D eigenvalue weighted by Gasteiger charge is 2.12. The van der Waals surface area contributed by atoms with Gasteiger partial charge in [-0.3, -0.25) is 14.6 Å². The van der Waals surface area contributed by atoms with E-state index in [1.807, 2.05) is 24.3 Å². The van der Waals surface area contributed by atoms with Crippen LogP contribution < -0.4 is 10.6 Å². The van der Waals surface area contributed by atoms with E-state index in [9.17, 15) is 9.59 Å². The van der Waals surface area contributed by atoms with E-state index in [4.69, 9.17) is 0 Å². The fraction of sp³-hybridized carbons (Fsp3) is 0.375. The molecule has 0 saturated heterocycles. The Morgan fingerprint density at radius 2 is 1.76 bits per heavy atom. The first-order valence-corrected chi connectivity index (χ1v) is 10.4. The van der Waals surface area contributed by atoms with Crippen LogP contribution in [0.2, 0.25) is 0 Å². The molecular formula is C24H29N3O2.